The maximum atomic E-state index is 12.6. The highest BCUT2D eigenvalue weighted by Gasteiger charge is 2.27. The van der Waals surface area contributed by atoms with Crippen LogP contribution in [0.15, 0.2) is 30.5 Å². The first-order valence-corrected chi connectivity index (χ1v) is 10.6. The molecule has 1 aliphatic rings. The first-order chi connectivity index (χ1) is 14.5. The molecule has 2 heterocycles. The summed E-state index contributed by atoms with van der Waals surface area (Å²) >= 11 is 1.44. The van der Waals surface area contributed by atoms with E-state index in [2.05, 4.69) is 28.3 Å². The van der Waals surface area contributed by atoms with Gasteiger partial charge in [0.05, 0.1) is 22.8 Å². The summed E-state index contributed by atoms with van der Waals surface area (Å²) in [6.45, 7) is 3.67. The zero-order valence-electron chi connectivity index (χ0n) is 16.6. The molecule has 0 saturated carbocycles. The molecular formula is C22H20N4O3S. The monoisotopic (exact) mass is 420 g/mol. The number of benzene rings is 1. The molecule has 7 nitrogen and oxygen atoms in total. The van der Waals surface area contributed by atoms with Crippen LogP contribution in [0, 0.1) is 17.2 Å². The smallest absolute Gasteiger partial charge is 0.359 e. The van der Waals surface area contributed by atoms with Gasteiger partial charge in [-0.25, -0.2) is 9.78 Å². The molecule has 2 unspecified atom stereocenters. The molecule has 0 saturated heterocycles. The number of fused-ring (bicyclic) bond motifs is 2. The molecule has 2 atom stereocenters. The van der Waals surface area contributed by atoms with Gasteiger partial charge >= 0.3 is 5.97 Å². The van der Waals surface area contributed by atoms with E-state index in [-0.39, 0.29) is 5.69 Å². The van der Waals surface area contributed by atoms with Crippen molar-refractivity contribution in [2.45, 2.75) is 39.2 Å². The van der Waals surface area contributed by atoms with Gasteiger partial charge in [-0.05, 0) is 49.8 Å². The van der Waals surface area contributed by atoms with Crippen molar-refractivity contribution in [2.75, 3.05) is 5.32 Å². The van der Waals surface area contributed by atoms with Crippen molar-refractivity contribution in [1.82, 2.24) is 9.97 Å². The summed E-state index contributed by atoms with van der Waals surface area (Å²) in [4.78, 5) is 34.6. The van der Waals surface area contributed by atoms with Crippen LogP contribution >= 0.6 is 11.3 Å². The SMILES string of the molecule is CC1CCc2c(sc(NC(=O)C(C)OC(=O)c3cnc4ccccc4n3)c2C#N)C1. The lowest BCUT2D eigenvalue weighted by Gasteiger charge is -2.17. The number of nitriles is 1. The Balaban J connectivity index is 1.46. The third-order valence-corrected chi connectivity index (χ3v) is 6.34. The van der Waals surface area contributed by atoms with Gasteiger partial charge in [0.2, 0.25) is 0 Å². The van der Waals surface area contributed by atoms with Crippen molar-refractivity contribution in [3.05, 3.63) is 52.2 Å². The molecule has 0 spiro atoms. The van der Waals surface area contributed by atoms with Crippen molar-refractivity contribution in [3.63, 3.8) is 0 Å². The van der Waals surface area contributed by atoms with E-state index in [1.807, 2.05) is 6.07 Å². The van der Waals surface area contributed by atoms with Crippen molar-refractivity contribution in [1.29, 1.82) is 5.26 Å². The Morgan fingerprint density at radius 2 is 2.10 bits per heavy atom. The number of esters is 1. The van der Waals surface area contributed by atoms with E-state index in [1.165, 1.54) is 24.5 Å². The molecule has 2 aromatic heterocycles. The lowest BCUT2D eigenvalue weighted by molar-refractivity contribution is -0.123. The van der Waals surface area contributed by atoms with E-state index < -0.39 is 18.0 Å². The van der Waals surface area contributed by atoms with Gasteiger partial charge < -0.3 is 10.1 Å². The van der Waals surface area contributed by atoms with Crippen LogP contribution in [-0.4, -0.2) is 27.9 Å². The van der Waals surface area contributed by atoms with Crippen LogP contribution in [0.3, 0.4) is 0 Å². The number of amides is 1. The molecule has 0 bridgehead atoms. The average molecular weight is 420 g/mol. The maximum absolute atomic E-state index is 12.6. The van der Waals surface area contributed by atoms with Crippen LogP contribution in [0.2, 0.25) is 0 Å². The molecule has 1 aliphatic carbocycles. The van der Waals surface area contributed by atoms with Crippen LogP contribution in [0.4, 0.5) is 5.00 Å². The second kappa shape index (κ2) is 8.20. The van der Waals surface area contributed by atoms with Crippen LogP contribution in [0.1, 0.15) is 46.8 Å². The number of nitrogens with one attached hydrogen (secondary N) is 1. The molecule has 0 fully saturated rings. The van der Waals surface area contributed by atoms with Gasteiger partial charge in [-0.1, -0.05) is 19.1 Å². The Morgan fingerprint density at radius 3 is 2.87 bits per heavy atom. The standard InChI is InChI=1S/C22H20N4O3S/c1-12-7-8-14-15(10-23)21(30-19(14)9-12)26-20(27)13(2)29-22(28)18-11-24-16-5-3-4-6-17(16)25-18/h3-6,11-13H,7-9H2,1-2H3,(H,26,27). The van der Waals surface area contributed by atoms with Gasteiger partial charge in [-0.3, -0.25) is 9.78 Å². The van der Waals surface area contributed by atoms with E-state index in [0.29, 0.717) is 27.5 Å². The van der Waals surface area contributed by atoms with Gasteiger partial charge in [0.25, 0.3) is 5.91 Å². The molecule has 1 N–H and O–H groups in total. The number of hydrogen-bond acceptors (Lipinski definition) is 7. The molecule has 30 heavy (non-hydrogen) atoms. The van der Waals surface area contributed by atoms with Crippen molar-refractivity contribution in [2.24, 2.45) is 5.92 Å². The molecular weight excluding hydrogens is 400 g/mol. The highest BCUT2D eigenvalue weighted by molar-refractivity contribution is 7.16. The summed E-state index contributed by atoms with van der Waals surface area (Å²) < 4.78 is 5.28. The zero-order chi connectivity index (χ0) is 21.3. The molecule has 3 aromatic rings. The Hall–Kier alpha value is -3.31. The van der Waals surface area contributed by atoms with Gasteiger partial charge in [-0.15, -0.1) is 11.3 Å². The van der Waals surface area contributed by atoms with Crippen LogP contribution in [0.5, 0.6) is 0 Å². The molecule has 1 amide bonds. The molecule has 4 rings (SSSR count). The number of aromatic nitrogens is 2. The summed E-state index contributed by atoms with van der Waals surface area (Å²) in [6.07, 6.45) is 3.08. The van der Waals surface area contributed by atoms with Crippen LogP contribution < -0.4 is 5.32 Å². The van der Waals surface area contributed by atoms with E-state index in [1.54, 1.807) is 18.2 Å². The highest BCUT2D eigenvalue weighted by Crippen LogP contribution is 2.39. The number of thiophene rings is 1. The number of carbonyl (C=O) groups excluding carboxylic acids is 2. The van der Waals surface area contributed by atoms with Gasteiger partial charge in [-0.2, -0.15) is 5.26 Å². The molecule has 152 valence electrons. The number of carbonyl (C=O) groups is 2. The molecule has 0 radical (unpaired) electrons. The average Bonchev–Trinajstić information content (AvgIpc) is 3.08. The number of ether oxygens (including phenoxy) is 1. The van der Waals surface area contributed by atoms with Gasteiger partial charge in [0.1, 0.15) is 11.1 Å². The lowest BCUT2D eigenvalue weighted by Crippen LogP contribution is -2.30. The maximum Gasteiger partial charge on any atom is 0.359 e. The fraction of sp³-hybridized carbons (Fsp3) is 0.318. The summed E-state index contributed by atoms with van der Waals surface area (Å²) in [5, 5.41) is 12.9. The zero-order valence-corrected chi connectivity index (χ0v) is 17.5. The number of nitrogens with zero attached hydrogens (tertiary/aromatic N) is 3. The van der Waals surface area contributed by atoms with Crippen molar-refractivity contribution >= 4 is 39.2 Å². The van der Waals surface area contributed by atoms with E-state index in [9.17, 15) is 14.9 Å². The Bertz CT molecular complexity index is 1180. The Morgan fingerprint density at radius 1 is 1.33 bits per heavy atom. The topological polar surface area (TPSA) is 105 Å². The minimum Gasteiger partial charge on any atom is -0.448 e. The number of anilines is 1. The summed E-state index contributed by atoms with van der Waals surface area (Å²) in [6, 6.07) is 9.39. The number of rotatable bonds is 4. The molecule has 1 aromatic carbocycles. The summed E-state index contributed by atoms with van der Waals surface area (Å²) in [7, 11) is 0. The Kier molecular flexibility index (Phi) is 5.46. The number of hydrogen-bond donors (Lipinski definition) is 1. The minimum atomic E-state index is -1.05. The quantitative estimate of drug-likeness (QED) is 0.643. The van der Waals surface area contributed by atoms with Crippen molar-refractivity contribution in [3.8, 4) is 6.07 Å². The van der Waals surface area contributed by atoms with Gasteiger partial charge in [0.15, 0.2) is 11.8 Å². The minimum absolute atomic E-state index is 0.0339. The normalized spacial score (nSPS) is 16.4. The fourth-order valence-electron chi connectivity index (χ4n) is 3.50. The lowest BCUT2D eigenvalue weighted by atomic mass is 9.88. The second-order valence-electron chi connectivity index (χ2n) is 7.45. The largest absolute Gasteiger partial charge is 0.448 e. The first kappa shape index (κ1) is 20.0. The van der Waals surface area contributed by atoms with Crippen LogP contribution in [0.25, 0.3) is 11.0 Å². The third-order valence-electron chi connectivity index (χ3n) is 5.17. The summed E-state index contributed by atoms with van der Waals surface area (Å²) in [5.41, 5.74) is 2.83. The molecule has 0 aliphatic heterocycles. The third kappa shape index (κ3) is 3.89. The van der Waals surface area contributed by atoms with E-state index in [4.69, 9.17) is 4.74 Å². The van der Waals surface area contributed by atoms with Gasteiger partial charge in [0, 0.05) is 4.88 Å². The predicted octanol–water partition coefficient (Wildman–Crippen LogP) is 3.87. The van der Waals surface area contributed by atoms with Crippen LogP contribution in [-0.2, 0) is 22.4 Å². The predicted molar refractivity (Wildman–Crippen MR) is 113 cm³/mol. The fourth-order valence-corrected chi connectivity index (χ4v) is 4.86. The van der Waals surface area contributed by atoms with E-state index in [0.717, 1.165) is 29.7 Å². The highest BCUT2D eigenvalue weighted by atomic mass is 32.1. The second-order valence-corrected chi connectivity index (χ2v) is 8.55. The van der Waals surface area contributed by atoms with E-state index >= 15 is 0 Å². The summed E-state index contributed by atoms with van der Waals surface area (Å²) in [5.74, 6) is -0.648. The molecule has 8 heteroatoms. The first-order valence-electron chi connectivity index (χ1n) is 9.74. The Labute approximate surface area is 177 Å². The van der Waals surface area contributed by atoms with Crippen molar-refractivity contribution < 1.29 is 14.3 Å². The number of para-hydroxylation sites is 2.